The molecule has 1 fully saturated rings. The number of hydrogen-bond donors (Lipinski definition) is 1. The zero-order valence-corrected chi connectivity index (χ0v) is 13.3. The maximum absolute atomic E-state index is 3.68. The van der Waals surface area contributed by atoms with Gasteiger partial charge in [-0.05, 0) is 43.1 Å². The van der Waals surface area contributed by atoms with Crippen LogP contribution in [0.4, 0.5) is 0 Å². The predicted octanol–water partition coefficient (Wildman–Crippen LogP) is 4.86. The Hall–Kier alpha value is -0.0400. The maximum atomic E-state index is 3.68. The monoisotopic (exact) mass is 253 g/mol. The molecule has 0 aromatic carbocycles. The van der Waals surface area contributed by atoms with Gasteiger partial charge in [0, 0.05) is 6.04 Å². The zero-order chi connectivity index (χ0) is 13.5. The van der Waals surface area contributed by atoms with Gasteiger partial charge in [-0.1, -0.05) is 60.3 Å². The molecule has 1 aliphatic rings. The highest BCUT2D eigenvalue weighted by molar-refractivity contribution is 4.84. The minimum atomic E-state index is 0.635. The Kier molecular flexibility index (Phi) is 7.29. The van der Waals surface area contributed by atoms with E-state index in [1.807, 2.05) is 0 Å². The van der Waals surface area contributed by atoms with Gasteiger partial charge in [0.15, 0.2) is 0 Å². The van der Waals surface area contributed by atoms with Crippen LogP contribution in [0.1, 0.15) is 73.1 Å². The van der Waals surface area contributed by atoms with E-state index in [0.29, 0.717) is 6.04 Å². The van der Waals surface area contributed by atoms with Crippen molar-refractivity contribution in [2.75, 3.05) is 6.54 Å². The minimum Gasteiger partial charge on any atom is -0.314 e. The molecule has 0 heterocycles. The Morgan fingerprint density at radius 3 is 2.39 bits per heavy atom. The summed E-state index contributed by atoms with van der Waals surface area (Å²) in [6, 6.07) is 0.635. The summed E-state index contributed by atoms with van der Waals surface area (Å²) >= 11 is 0. The first-order valence-corrected chi connectivity index (χ1v) is 8.31. The number of rotatable bonds is 7. The topological polar surface area (TPSA) is 12.0 Å². The van der Waals surface area contributed by atoms with Crippen LogP contribution in [0, 0.1) is 23.7 Å². The summed E-state index contributed by atoms with van der Waals surface area (Å²) < 4.78 is 0. The molecule has 0 aliphatic heterocycles. The van der Waals surface area contributed by atoms with Crippen molar-refractivity contribution >= 4 is 0 Å². The van der Waals surface area contributed by atoms with Crippen LogP contribution in [-0.2, 0) is 0 Å². The second-order valence-corrected chi connectivity index (χ2v) is 6.84. The fourth-order valence-corrected chi connectivity index (χ4v) is 3.74. The van der Waals surface area contributed by atoms with Crippen LogP contribution < -0.4 is 5.32 Å². The first kappa shape index (κ1) is 16.0. The van der Waals surface area contributed by atoms with Crippen LogP contribution in [0.25, 0.3) is 0 Å². The summed E-state index contributed by atoms with van der Waals surface area (Å²) in [7, 11) is 0. The summed E-state index contributed by atoms with van der Waals surface area (Å²) in [5, 5.41) is 3.68. The van der Waals surface area contributed by atoms with Gasteiger partial charge in [0.2, 0.25) is 0 Å². The van der Waals surface area contributed by atoms with Gasteiger partial charge in [0.1, 0.15) is 0 Å². The lowest BCUT2D eigenvalue weighted by Gasteiger charge is -2.40. The molecule has 0 bridgehead atoms. The largest absolute Gasteiger partial charge is 0.314 e. The first-order valence-electron chi connectivity index (χ1n) is 8.31. The molecule has 1 N–H and O–H groups in total. The molecule has 1 aliphatic carbocycles. The second-order valence-electron chi connectivity index (χ2n) is 6.84. The molecule has 1 heteroatoms. The van der Waals surface area contributed by atoms with Crippen molar-refractivity contribution in [3.05, 3.63) is 0 Å². The molecule has 0 amide bonds. The lowest BCUT2D eigenvalue weighted by atomic mass is 9.67. The van der Waals surface area contributed by atoms with Gasteiger partial charge in [-0.3, -0.25) is 0 Å². The van der Waals surface area contributed by atoms with Crippen molar-refractivity contribution < 1.29 is 0 Å². The lowest BCUT2D eigenvalue weighted by molar-refractivity contribution is 0.117. The molecular formula is C17H35N. The van der Waals surface area contributed by atoms with E-state index in [-0.39, 0.29) is 0 Å². The third-order valence-electron chi connectivity index (χ3n) is 5.00. The highest BCUT2D eigenvalue weighted by Gasteiger charge is 2.32. The fourth-order valence-electron chi connectivity index (χ4n) is 3.74. The third-order valence-corrected chi connectivity index (χ3v) is 5.00. The summed E-state index contributed by atoms with van der Waals surface area (Å²) in [6.07, 6.45) is 8.56. The molecule has 18 heavy (non-hydrogen) atoms. The van der Waals surface area contributed by atoms with Crippen LogP contribution >= 0.6 is 0 Å². The molecule has 108 valence electrons. The second kappa shape index (κ2) is 8.19. The Labute approximate surface area is 115 Å². The summed E-state index contributed by atoms with van der Waals surface area (Å²) in [5.41, 5.74) is 0. The van der Waals surface area contributed by atoms with E-state index in [9.17, 15) is 0 Å². The van der Waals surface area contributed by atoms with Crippen LogP contribution in [0.15, 0.2) is 0 Å². The van der Waals surface area contributed by atoms with Crippen molar-refractivity contribution in [3.63, 3.8) is 0 Å². The highest BCUT2D eigenvalue weighted by Crippen LogP contribution is 2.40. The van der Waals surface area contributed by atoms with Gasteiger partial charge in [-0.2, -0.15) is 0 Å². The number of nitrogens with one attached hydrogen (secondary N) is 1. The van der Waals surface area contributed by atoms with E-state index in [2.05, 4.69) is 39.9 Å². The molecular weight excluding hydrogens is 218 g/mol. The molecule has 1 nitrogen and oxygen atoms in total. The molecule has 4 unspecified atom stereocenters. The van der Waals surface area contributed by atoms with E-state index >= 15 is 0 Å². The Morgan fingerprint density at radius 2 is 1.83 bits per heavy atom. The summed E-state index contributed by atoms with van der Waals surface area (Å²) in [6.45, 7) is 13.0. The molecule has 4 atom stereocenters. The molecule has 0 radical (unpaired) electrons. The molecule has 0 aromatic heterocycles. The van der Waals surface area contributed by atoms with Gasteiger partial charge < -0.3 is 5.32 Å². The van der Waals surface area contributed by atoms with E-state index in [0.717, 1.165) is 23.7 Å². The molecule has 0 saturated heterocycles. The van der Waals surface area contributed by atoms with E-state index < -0.39 is 0 Å². The average molecular weight is 253 g/mol. The smallest absolute Gasteiger partial charge is 0.00104 e. The van der Waals surface area contributed by atoms with E-state index in [4.69, 9.17) is 0 Å². The van der Waals surface area contributed by atoms with Crippen molar-refractivity contribution in [1.29, 1.82) is 0 Å². The third kappa shape index (κ3) is 4.91. The summed E-state index contributed by atoms with van der Waals surface area (Å²) in [5.74, 6) is 3.82. The average Bonchev–Trinajstić information content (AvgIpc) is 2.36. The van der Waals surface area contributed by atoms with Crippen LogP contribution in [0.2, 0.25) is 0 Å². The Morgan fingerprint density at radius 1 is 1.11 bits per heavy atom. The van der Waals surface area contributed by atoms with Crippen molar-refractivity contribution in [2.24, 2.45) is 23.7 Å². The van der Waals surface area contributed by atoms with Crippen LogP contribution in [0.5, 0.6) is 0 Å². The lowest BCUT2D eigenvalue weighted by Crippen LogP contribution is -2.38. The standard InChI is InChI=1S/C17H35N/c1-6-8-14(5)17-11-15(7-2)9-10-16(17)12-18-13(3)4/h13-18H,6-12H2,1-5H3. The Bertz CT molecular complexity index is 212. The van der Waals surface area contributed by atoms with Gasteiger partial charge in [-0.15, -0.1) is 0 Å². The maximum Gasteiger partial charge on any atom is 0.00104 e. The van der Waals surface area contributed by atoms with E-state index in [1.165, 1.54) is 45.1 Å². The zero-order valence-electron chi connectivity index (χ0n) is 13.3. The Balaban J connectivity index is 2.55. The quantitative estimate of drug-likeness (QED) is 0.683. The first-order chi connectivity index (χ1) is 8.58. The fraction of sp³-hybridized carbons (Fsp3) is 1.00. The predicted molar refractivity (Wildman–Crippen MR) is 81.8 cm³/mol. The molecule has 0 spiro atoms. The van der Waals surface area contributed by atoms with Crippen molar-refractivity contribution in [1.82, 2.24) is 5.32 Å². The number of hydrogen-bond acceptors (Lipinski definition) is 1. The van der Waals surface area contributed by atoms with E-state index in [1.54, 1.807) is 0 Å². The normalized spacial score (nSPS) is 30.7. The molecule has 1 rings (SSSR count). The van der Waals surface area contributed by atoms with Gasteiger partial charge in [0.25, 0.3) is 0 Å². The van der Waals surface area contributed by atoms with Crippen LogP contribution in [-0.4, -0.2) is 12.6 Å². The van der Waals surface area contributed by atoms with Crippen molar-refractivity contribution in [3.8, 4) is 0 Å². The van der Waals surface area contributed by atoms with Gasteiger partial charge >= 0.3 is 0 Å². The highest BCUT2D eigenvalue weighted by atomic mass is 14.9. The van der Waals surface area contributed by atoms with Crippen molar-refractivity contribution in [2.45, 2.75) is 79.2 Å². The summed E-state index contributed by atoms with van der Waals surface area (Å²) in [4.78, 5) is 0. The SMILES string of the molecule is CCCC(C)C1CC(CC)CCC1CNC(C)C. The minimum absolute atomic E-state index is 0.635. The van der Waals surface area contributed by atoms with Crippen LogP contribution in [0.3, 0.4) is 0 Å². The van der Waals surface area contributed by atoms with Gasteiger partial charge in [-0.25, -0.2) is 0 Å². The van der Waals surface area contributed by atoms with Gasteiger partial charge in [0.05, 0.1) is 0 Å². The molecule has 0 aromatic rings. The molecule has 1 saturated carbocycles.